The number of rotatable bonds is 6. The van der Waals surface area contributed by atoms with Crippen molar-refractivity contribution in [2.24, 2.45) is 0 Å². The van der Waals surface area contributed by atoms with Crippen LogP contribution in [0, 0.1) is 0 Å². The average Bonchev–Trinajstić information content (AvgIpc) is 3.58. The number of likely N-dealkylation sites (N-methyl/N-ethyl adjacent to an activating group) is 1. The third-order valence-electron chi connectivity index (χ3n) is 8.05. The molecule has 0 unspecified atom stereocenters. The second-order valence-electron chi connectivity index (χ2n) is 10.5. The normalized spacial score (nSPS) is 15.0. The molecule has 2 aliphatic heterocycles. The van der Waals surface area contributed by atoms with Crippen molar-refractivity contribution in [3.63, 3.8) is 0 Å². The van der Waals surface area contributed by atoms with E-state index in [-0.39, 0.29) is 25.0 Å². The summed E-state index contributed by atoms with van der Waals surface area (Å²) in [5.74, 6) is -0.285. The van der Waals surface area contributed by atoms with E-state index in [0.717, 1.165) is 61.5 Å². The lowest BCUT2D eigenvalue weighted by molar-refractivity contribution is 0.102. The van der Waals surface area contributed by atoms with E-state index in [2.05, 4.69) is 41.3 Å². The topological polar surface area (TPSA) is 99.1 Å². The van der Waals surface area contributed by atoms with Gasteiger partial charge >= 0.3 is 12.1 Å². The summed E-state index contributed by atoms with van der Waals surface area (Å²) in [4.78, 5) is 45.5. The first-order chi connectivity index (χ1) is 19.8. The maximum Gasteiger partial charge on any atom is 0.418 e. The van der Waals surface area contributed by atoms with E-state index in [0.29, 0.717) is 22.5 Å². The van der Waals surface area contributed by atoms with Crippen LogP contribution in [0.4, 0.5) is 26.7 Å². The molecule has 0 bridgehead atoms. The highest BCUT2D eigenvalue weighted by molar-refractivity contribution is 6.05. The van der Waals surface area contributed by atoms with Gasteiger partial charge in [0.05, 0.1) is 31.6 Å². The number of piperazine rings is 1. The van der Waals surface area contributed by atoms with Crippen molar-refractivity contribution in [1.82, 2.24) is 14.4 Å². The Bertz CT molecular complexity index is 1420. The average molecular weight is 559 g/mol. The van der Waals surface area contributed by atoms with Gasteiger partial charge in [0.1, 0.15) is 0 Å². The molecule has 5 rings (SSSR count). The smallest absolute Gasteiger partial charge is 0.418 e. The summed E-state index contributed by atoms with van der Waals surface area (Å²) in [7, 11) is 3.43. The summed E-state index contributed by atoms with van der Waals surface area (Å²) in [5, 5.41) is 6.06. The molecule has 3 aromatic rings. The maximum atomic E-state index is 13.4. The van der Waals surface area contributed by atoms with Crippen molar-refractivity contribution in [2.45, 2.75) is 39.8 Å². The van der Waals surface area contributed by atoms with Crippen LogP contribution >= 0.6 is 0 Å². The van der Waals surface area contributed by atoms with Crippen molar-refractivity contribution in [1.29, 1.82) is 0 Å². The fourth-order valence-electron chi connectivity index (χ4n) is 5.55. The van der Waals surface area contributed by atoms with Gasteiger partial charge in [0.2, 0.25) is 0 Å². The Morgan fingerprint density at radius 2 is 1.54 bits per heavy atom. The lowest BCUT2D eigenvalue weighted by Gasteiger charge is -2.34. The van der Waals surface area contributed by atoms with E-state index in [1.165, 1.54) is 11.7 Å². The highest BCUT2D eigenvalue weighted by atomic mass is 16.5. The molecule has 10 nitrogen and oxygen atoms in total. The monoisotopic (exact) mass is 558 g/mol. The first kappa shape index (κ1) is 28.2. The molecule has 2 N–H and O–H groups in total. The molecule has 0 saturated carbocycles. The number of hydrogen-bond donors (Lipinski definition) is 2. The van der Waals surface area contributed by atoms with Crippen LogP contribution in [0.5, 0.6) is 0 Å². The van der Waals surface area contributed by atoms with Crippen molar-refractivity contribution in [3.05, 3.63) is 76.6 Å². The Morgan fingerprint density at radius 1 is 0.878 bits per heavy atom. The summed E-state index contributed by atoms with van der Waals surface area (Å²) in [5.41, 5.74) is 6.39. The number of amides is 3. The van der Waals surface area contributed by atoms with E-state index >= 15 is 0 Å². The predicted molar refractivity (Wildman–Crippen MR) is 160 cm³/mol. The highest BCUT2D eigenvalue weighted by Gasteiger charge is 2.32. The summed E-state index contributed by atoms with van der Waals surface area (Å²) >= 11 is 0. The zero-order valence-corrected chi connectivity index (χ0v) is 24.2. The Hall–Kier alpha value is -4.31. The Kier molecular flexibility index (Phi) is 8.30. The molecule has 41 heavy (non-hydrogen) atoms. The van der Waals surface area contributed by atoms with E-state index in [9.17, 15) is 14.4 Å². The quantitative estimate of drug-likeness (QED) is 0.452. The van der Waals surface area contributed by atoms with Gasteiger partial charge in [-0.05, 0) is 55.3 Å². The van der Waals surface area contributed by atoms with Gasteiger partial charge in [0.25, 0.3) is 5.91 Å². The number of fused-ring (bicyclic) bond motifs is 1. The number of nitrogens with one attached hydrogen (secondary N) is 2. The number of anilines is 3. The van der Waals surface area contributed by atoms with Crippen LogP contribution in [0.25, 0.3) is 0 Å². The highest BCUT2D eigenvalue weighted by Crippen LogP contribution is 2.33. The summed E-state index contributed by atoms with van der Waals surface area (Å²) < 4.78 is 6.35. The van der Waals surface area contributed by atoms with Gasteiger partial charge in [0, 0.05) is 54.9 Å². The third kappa shape index (κ3) is 5.78. The molecule has 1 fully saturated rings. The van der Waals surface area contributed by atoms with Gasteiger partial charge in [-0.25, -0.2) is 9.59 Å². The molecule has 0 aliphatic carbocycles. The number of hydrogen-bond acceptors (Lipinski definition) is 6. The van der Waals surface area contributed by atoms with Gasteiger partial charge < -0.3 is 30.1 Å². The van der Waals surface area contributed by atoms with Crippen molar-refractivity contribution in [2.75, 3.05) is 55.9 Å². The molecule has 0 spiro atoms. The van der Waals surface area contributed by atoms with E-state index in [1.54, 1.807) is 11.1 Å². The minimum atomic E-state index is -0.579. The first-order valence-electron chi connectivity index (χ1n) is 14.2. The number of benzene rings is 2. The SMILES string of the molecule is CCc1cccc(CC)c1NC(=O)N1Cc2c(NC(=O)c3ccc(N4CCN(C)CC4)cc3)cn(C(=O)OC)c2C1. The number of nitrogens with zero attached hydrogens (tertiary/aromatic N) is 4. The van der Waals surface area contributed by atoms with Crippen LogP contribution in [0.15, 0.2) is 48.7 Å². The molecule has 2 aliphatic rings. The molecular formula is C31H38N6O4. The number of aromatic nitrogens is 1. The van der Waals surface area contributed by atoms with Crippen LogP contribution < -0.4 is 15.5 Å². The standard InChI is InChI=1S/C31H38N6O4/c1-5-21-8-7-9-22(6-2)28(21)33-30(39)36-18-25-26(19-37(27(25)20-36)31(40)41-4)32-29(38)23-10-12-24(13-11-23)35-16-14-34(3)15-17-35/h7-13,19H,5-6,14-18,20H2,1-4H3,(H,32,38)(H,33,39). The molecule has 2 aromatic carbocycles. The maximum absolute atomic E-state index is 13.4. The molecule has 3 amide bonds. The largest absolute Gasteiger partial charge is 0.452 e. The van der Waals surface area contributed by atoms with Crippen LogP contribution in [-0.4, -0.2) is 72.7 Å². The molecule has 10 heteroatoms. The lowest BCUT2D eigenvalue weighted by atomic mass is 10.0. The van der Waals surface area contributed by atoms with Crippen LogP contribution in [0.3, 0.4) is 0 Å². The van der Waals surface area contributed by atoms with Crippen LogP contribution in [-0.2, 0) is 30.7 Å². The lowest BCUT2D eigenvalue weighted by Crippen LogP contribution is -2.44. The van der Waals surface area contributed by atoms with Gasteiger partial charge in [0.15, 0.2) is 0 Å². The molecule has 216 valence electrons. The second kappa shape index (κ2) is 12.1. The number of methoxy groups -OCH3 is 1. The zero-order valence-electron chi connectivity index (χ0n) is 24.2. The molecular weight excluding hydrogens is 520 g/mol. The first-order valence-corrected chi connectivity index (χ1v) is 14.2. The Morgan fingerprint density at radius 3 is 2.15 bits per heavy atom. The van der Waals surface area contributed by atoms with E-state index in [4.69, 9.17) is 4.74 Å². The minimum absolute atomic E-state index is 0.210. The number of carbonyl (C=O) groups is 3. The number of carbonyl (C=O) groups excluding carboxylic acids is 3. The van der Waals surface area contributed by atoms with E-state index < -0.39 is 6.09 Å². The van der Waals surface area contributed by atoms with Crippen molar-refractivity contribution in [3.8, 4) is 0 Å². The Balaban J connectivity index is 1.33. The predicted octanol–water partition coefficient (Wildman–Crippen LogP) is 4.78. The van der Waals surface area contributed by atoms with Gasteiger partial charge in [-0.1, -0.05) is 32.0 Å². The summed E-state index contributed by atoms with van der Waals surface area (Å²) in [6.07, 6.45) is 2.59. The second-order valence-corrected chi connectivity index (χ2v) is 10.5. The Labute approximate surface area is 240 Å². The van der Waals surface area contributed by atoms with Gasteiger partial charge in [-0.15, -0.1) is 0 Å². The molecule has 1 aromatic heterocycles. The zero-order chi connectivity index (χ0) is 29.1. The molecule has 3 heterocycles. The minimum Gasteiger partial charge on any atom is -0.452 e. The number of ether oxygens (including phenoxy) is 1. The number of urea groups is 1. The molecule has 0 atom stereocenters. The van der Waals surface area contributed by atoms with Crippen molar-refractivity contribution < 1.29 is 19.1 Å². The van der Waals surface area contributed by atoms with Crippen LogP contribution in [0.2, 0.25) is 0 Å². The van der Waals surface area contributed by atoms with Crippen molar-refractivity contribution >= 4 is 35.1 Å². The fraction of sp³-hybridized carbons (Fsp3) is 0.387. The molecule has 0 radical (unpaired) electrons. The van der Waals surface area contributed by atoms with E-state index in [1.807, 2.05) is 42.5 Å². The molecule has 1 saturated heterocycles. The van der Waals surface area contributed by atoms with Gasteiger partial charge in [-0.2, -0.15) is 0 Å². The number of para-hydroxylation sites is 1. The summed E-state index contributed by atoms with van der Waals surface area (Å²) in [6.45, 7) is 8.48. The van der Waals surface area contributed by atoms with Crippen LogP contribution in [0.1, 0.15) is 46.6 Å². The fourth-order valence-corrected chi connectivity index (χ4v) is 5.55. The van der Waals surface area contributed by atoms with Gasteiger partial charge in [-0.3, -0.25) is 9.36 Å². The number of aryl methyl sites for hydroxylation is 2. The third-order valence-corrected chi connectivity index (χ3v) is 8.05. The summed E-state index contributed by atoms with van der Waals surface area (Å²) in [6, 6.07) is 13.4.